The van der Waals surface area contributed by atoms with E-state index in [0.29, 0.717) is 18.4 Å². The van der Waals surface area contributed by atoms with Gasteiger partial charge in [-0.2, -0.15) is 0 Å². The molecule has 0 aromatic heterocycles. The Kier molecular flexibility index (Phi) is 3.22. The first-order valence-corrected chi connectivity index (χ1v) is 6.49. The minimum atomic E-state index is -0.553. The van der Waals surface area contributed by atoms with Gasteiger partial charge < -0.3 is 5.32 Å². The van der Waals surface area contributed by atoms with E-state index in [1.54, 1.807) is 18.2 Å². The second-order valence-corrected chi connectivity index (χ2v) is 4.85. The van der Waals surface area contributed by atoms with Gasteiger partial charge in [-0.1, -0.05) is 24.3 Å². The Bertz CT molecular complexity index is 669. The summed E-state index contributed by atoms with van der Waals surface area (Å²) in [4.78, 5) is 12.1. The van der Waals surface area contributed by atoms with Crippen LogP contribution >= 0.6 is 0 Å². The molecule has 0 saturated heterocycles. The number of nitrogens with one attached hydrogen (secondary N) is 1. The molecule has 4 heteroatoms. The zero-order chi connectivity index (χ0) is 14.1. The van der Waals surface area contributed by atoms with Crippen LogP contribution in [0.1, 0.15) is 33.9 Å². The van der Waals surface area contributed by atoms with Gasteiger partial charge in [0.1, 0.15) is 11.6 Å². The highest BCUT2D eigenvalue weighted by Crippen LogP contribution is 2.32. The van der Waals surface area contributed by atoms with Crippen molar-refractivity contribution >= 4 is 5.91 Å². The second kappa shape index (κ2) is 5.04. The predicted molar refractivity (Wildman–Crippen MR) is 71.3 cm³/mol. The molecule has 102 valence electrons. The van der Waals surface area contributed by atoms with Gasteiger partial charge in [0.25, 0.3) is 5.91 Å². The van der Waals surface area contributed by atoms with E-state index in [4.69, 9.17) is 0 Å². The van der Waals surface area contributed by atoms with Crippen molar-refractivity contribution in [2.75, 3.05) is 0 Å². The topological polar surface area (TPSA) is 29.1 Å². The molecule has 0 heterocycles. The lowest BCUT2D eigenvalue weighted by Gasteiger charge is -2.14. The van der Waals surface area contributed by atoms with Gasteiger partial charge in [0.2, 0.25) is 0 Å². The van der Waals surface area contributed by atoms with Crippen LogP contribution in [-0.2, 0) is 6.42 Å². The first kappa shape index (κ1) is 12.8. The molecule has 1 N–H and O–H groups in total. The molecule has 1 aliphatic rings. The Balaban J connectivity index is 1.83. The molecule has 2 aromatic carbocycles. The van der Waals surface area contributed by atoms with Crippen LogP contribution in [0.5, 0.6) is 0 Å². The van der Waals surface area contributed by atoms with Crippen molar-refractivity contribution in [1.29, 1.82) is 0 Å². The molecule has 1 aliphatic carbocycles. The zero-order valence-corrected chi connectivity index (χ0v) is 10.7. The number of halogens is 2. The van der Waals surface area contributed by atoms with Crippen LogP contribution in [0.4, 0.5) is 8.78 Å². The van der Waals surface area contributed by atoms with Gasteiger partial charge in [0.15, 0.2) is 0 Å². The van der Waals surface area contributed by atoms with Gasteiger partial charge in [-0.05, 0) is 42.2 Å². The number of amides is 1. The lowest BCUT2D eigenvalue weighted by molar-refractivity contribution is 0.0932. The van der Waals surface area contributed by atoms with Crippen molar-refractivity contribution in [3.8, 4) is 0 Å². The van der Waals surface area contributed by atoms with Gasteiger partial charge in [-0.25, -0.2) is 8.78 Å². The molecular formula is C16H13F2NO. The number of carbonyl (C=O) groups excluding carboxylic acids is 1. The lowest BCUT2D eigenvalue weighted by atomic mass is 10.1. The summed E-state index contributed by atoms with van der Waals surface area (Å²) in [5, 5.41) is 2.77. The Labute approximate surface area is 115 Å². The predicted octanol–water partition coefficient (Wildman–Crippen LogP) is 3.38. The molecule has 0 saturated carbocycles. The van der Waals surface area contributed by atoms with Crippen molar-refractivity contribution in [2.24, 2.45) is 0 Å². The summed E-state index contributed by atoms with van der Waals surface area (Å²) in [5.41, 5.74) is 1.44. The molecule has 0 spiro atoms. The highest BCUT2D eigenvalue weighted by molar-refractivity contribution is 5.94. The van der Waals surface area contributed by atoms with Crippen LogP contribution in [0.15, 0.2) is 42.5 Å². The third kappa shape index (κ3) is 2.18. The maximum atomic E-state index is 13.6. The van der Waals surface area contributed by atoms with Gasteiger partial charge in [-0.15, -0.1) is 0 Å². The Morgan fingerprint density at radius 3 is 2.60 bits per heavy atom. The zero-order valence-electron chi connectivity index (χ0n) is 10.7. The summed E-state index contributed by atoms with van der Waals surface area (Å²) in [6, 6.07) is 10.4. The Morgan fingerprint density at radius 2 is 1.80 bits per heavy atom. The molecule has 2 nitrogen and oxygen atoms in total. The van der Waals surface area contributed by atoms with Crippen molar-refractivity contribution in [2.45, 2.75) is 18.9 Å². The summed E-state index contributed by atoms with van der Waals surface area (Å²) in [7, 11) is 0. The van der Waals surface area contributed by atoms with E-state index in [1.807, 2.05) is 0 Å². The molecule has 0 aliphatic heterocycles. The summed E-state index contributed by atoms with van der Waals surface area (Å²) in [6.45, 7) is 0. The monoisotopic (exact) mass is 273 g/mol. The molecule has 3 rings (SSSR count). The fourth-order valence-corrected chi connectivity index (χ4v) is 2.64. The maximum Gasteiger partial charge on any atom is 0.254 e. The number of hydrogen-bond donors (Lipinski definition) is 1. The molecule has 1 unspecified atom stereocenters. The average Bonchev–Trinajstić information content (AvgIpc) is 2.84. The van der Waals surface area contributed by atoms with Crippen LogP contribution in [0, 0.1) is 11.6 Å². The SMILES string of the molecule is O=C(NC1CCc2c(F)cccc21)c1ccccc1F. The van der Waals surface area contributed by atoms with E-state index < -0.39 is 11.7 Å². The lowest BCUT2D eigenvalue weighted by Crippen LogP contribution is -2.27. The van der Waals surface area contributed by atoms with Crippen LogP contribution in [-0.4, -0.2) is 5.91 Å². The normalized spacial score (nSPS) is 16.8. The first-order valence-electron chi connectivity index (χ1n) is 6.49. The summed E-state index contributed by atoms with van der Waals surface area (Å²) in [6.07, 6.45) is 1.22. The smallest absolute Gasteiger partial charge is 0.254 e. The van der Waals surface area contributed by atoms with Crippen molar-refractivity contribution < 1.29 is 13.6 Å². The fourth-order valence-electron chi connectivity index (χ4n) is 2.64. The number of fused-ring (bicyclic) bond motifs is 1. The number of rotatable bonds is 2. The third-order valence-electron chi connectivity index (χ3n) is 3.64. The maximum absolute atomic E-state index is 13.6. The standard InChI is InChI=1S/C16H13F2NO/c17-13-7-3-5-11-10(13)8-9-15(11)19-16(20)12-4-1-2-6-14(12)18/h1-7,15H,8-9H2,(H,19,20). The van der Waals surface area contributed by atoms with E-state index in [2.05, 4.69) is 5.32 Å². The molecule has 0 radical (unpaired) electrons. The molecule has 1 amide bonds. The van der Waals surface area contributed by atoms with Gasteiger partial charge in [0.05, 0.1) is 11.6 Å². The Morgan fingerprint density at radius 1 is 1.05 bits per heavy atom. The van der Waals surface area contributed by atoms with Crippen molar-refractivity contribution in [3.05, 3.63) is 70.8 Å². The summed E-state index contributed by atoms with van der Waals surface area (Å²) in [5.74, 6) is -1.27. The van der Waals surface area contributed by atoms with Crippen LogP contribution in [0.3, 0.4) is 0 Å². The molecule has 0 fully saturated rings. The number of hydrogen-bond acceptors (Lipinski definition) is 1. The highest BCUT2D eigenvalue weighted by Gasteiger charge is 2.26. The fraction of sp³-hybridized carbons (Fsp3) is 0.188. The summed E-state index contributed by atoms with van der Waals surface area (Å²) < 4.78 is 27.2. The summed E-state index contributed by atoms with van der Waals surface area (Å²) >= 11 is 0. The third-order valence-corrected chi connectivity index (χ3v) is 3.64. The molecular weight excluding hydrogens is 260 g/mol. The number of carbonyl (C=O) groups is 1. The second-order valence-electron chi connectivity index (χ2n) is 4.85. The molecule has 0 bridgehead atoms. The van der Waals surface area contributed by atoms with E-state index in [0.717, 1.165) is 5.56 Å². The van der Waals surface area contributed by atoms with E-state index in [-0.39, 0.29) is 17.4 Å². The minimum absolute atomic E-state index is 0.0114. The largest absolute Gasteiger partial charge is 0.345 e. The van der Waals surface area contributed by atoms with Crippen LogP contribution < -0.4 is 5.32 Å². The van der Waals surface area contributed by atoms with E-state index in [1.165, 1.54) is 24.3 Å². The molecule has 20 heavy (non-hydrogen) atoms. The quantitative estimate of drug-likeness (QED) is 0.893. The number of benzene rings is 2. The van der Waals surface area contributed by atoms with Crippen LogP contribution in [0.25, 0.3) is 0 Å². The van der Waals surface area contributed by atoms with Gasteiger partial charge in [0, 0.05) is 0 Å². The minimum Gasteiger partial charge on any atom is -0.345 e. The molecule has 2 aromatic rings. The first-order chi connectivity index (χ1) is 9.66. The van der Waals surface area contributed by atoms with Gasteiger partial charge >= 0.3 is 0 Å². The van der Waals surface area contributed by atoms with E-state index in [9.17, 15) is 13.6 Å². The van der Waals surface area contributed by atoms with E-state index >= 15 is 0 Å². The van der Waals surface area contributed by atoms with Gasteiger partial charge in [-0.3, -0.25) is 4.79 Å². The van der Waals surface area contributed by atoms with Crippen LogP contribution in [0.2, 0.25) is 0 Å². The van der Waals surface area contributed by atoms with Crippen molar-refractivity contribution in [3.63, 3.8) is 0 Å². The average molecular weight is 273 g/mol. The molecule has 1 atom stereocenters. The Hall–Kier alpha value is -2.23. The van der Waals surface area contributed by atoms with Crippen molar-refractivity contribution in [1.82, 2.24) is 5.32 Å². The highest BCUT2D eigenvalue weighted by atomic mass is 19.1.